The molecule has 0 aliphatic carbocycles. The summed E-state index contributed by atoms with van der Waals surface area (Å²) < 4.78 is 5.54. The SMILES string of the molecule is CC1OCCC1C(=O)N1CCCN(CCCCCN)CC1. The predicted molar refractivity (Wildman–Crippen MR) is 84.1 cm³/mol. The van der Waals surface area contributed by atoms with Gasteiger partial charge in [-0.3, -0.25) is 4.79 Å². The normalized spacial score (nSPS) is 27.8. The van der Waals surface area contributed by atoms with Gasteiger partial charge in [0.1, 0.15) is 0 Å². The highest BCUT2D eigenvalue weighted by Gasteiger charge is 2.34. The third kappa shape index (κ3) is 4.94. The van der Waals surface area contributed by atoms with Gasteiger partial charge in [-0.05, 0) is 52.2 Å². The van der Waals surface area contributed by atoms with Crippen molar-refractivity contribution in [2.75, 3.05) is 45.9 Å². The maximum absolute atomic E-state index is 12.6. The lowest BCUT2D eigenvalue weighted by molar-refractivity contribution is -0.136. The summed E-state index contributed by atoms with van der Waals surface area (Å²) in [5.41, 5.74) is 5.53. The molecule has 2 heterocycles. The molecule has 0 radical (unpaired) electrons. The number of amides is 1. The summed E-state index contributed by atoms with van der Waals surface area (Å²) in [4.78, 5) is 17.1. The van der Waals surface area contributed by atoms with Gasteiger partial charge in [0.2, 0.25) is 5.91 Å². The molecule has 122 valence electrons. The predicted octanol–water partition coefficient (Wildman–Crippen LogP) is 1.07. The minimum absolute atomic E-state index is 0.0844. The Morgan fingerprint density at radius 1 is 1.19 bits per heavy atom. The molecule has 0 spiro atoms. The van der Waals surface area contributed by atoms with Crippen molar-refractivity contribution >= 4 is 5.91 Å². The summed E-state index contributed by atoms with van der Waals surface area (Å²) in [5, 5.41) is 0. The van der Waals surface area contributed by atoms with Gasteiger partial charge >= 0.3 is 0 Å². The first kappa shape index (κ1) is 16.7. The number of hydrogen-bond acceptors (Lipinski definition) is 4. The van der Waals surface area contributed by atoms with E-state index in [1.54, 1.807) is 0 Å². The maximum atomic E-state index is 12.6. The Balaban J connectivity index is 1.73. The van der Waals surface area contributed by atoms with E-state index in [-0.39, 0.29) is 12.0 Å². The van der Waals surface area contributed by atoms with Crippen molar-refractivity contribution in [3.63, 3.8) is 0 Å². The van der Waals surface area contributed by atoms with Crippen LogP contribution in [-0.2, 0) is 9.53 Å². The zero-order chi connectivity index (χ0) is 15.1. The monoisotopic (exact) mass is 297 g/mol. The van der Waals surface area contributed by atoms with Crippen molar-refractivity contribution in [1.29, 1.82) is 0 Å². The van der Waals surface area contributed by atoms with Crippen LogP contribution in [0.3, 0.4) is 0 Å². The van der Waals surface area contributed by atoms with Crippen LogP contribution in [0, 0.1) is 5.92 Å². The Labute approximate surface area is 128 Å². The van der Waals surface area contributed by atoms with E-state index in [1.807, 2.05) is 6.92 Å². The number of hydrogen-bond donors (Lipinski definition) is 1. The van der Waals surface area contributed by atoms with Crippen LogP contribution in [0.4, 0.5) is 0 Å². The zero-order valence-corrected chi connectivity index (χ0v) is 13.4. The average Bonchev–Trinajstić information content (AvgIpc) is 2.77. The van der Waals surface area contributed by atoms with E-state index >= 15 is 0 Å². The fourth-order valence-electron chi connectivity index (χ4n) is 3.36. The summed E-state index contributed by atoms with van der Waals surface area (Å²) in [6.07, 6.45) is 5.63. The molecule has 2 aliphatic heterocycles. The van der Waals surface area contributed by atoms with Crippen LogP contribution in [0.5, 0.6) is 0 Å². The number of rotatable bonds is 6. The molecule has 0 aromatic heterocycles. The van der Waals surface area contributed by atoms with Gasteiger partial charge in [0.15, 0.2) is 0 Å². The molecule has 2 fully saturated rings. The van der Waals surface area contributed by atoms with E-state index in [0.717, 1.165) is 65.1 Å². The highest BCUT2D eigenvalue weighted by molar-refractivity contribution is 5.79. The summed E-state index contributed by atoms with van der Waals surface area (Å²) in [7, 11) is 0. The number of nitrogens with zero attached hydrogens (tertiary/aromatic N) is 2. The first-order valence-corrected chi connectivity index (χ1v) is 8.55. The fraction of sp³-hybridized carbons (Fsp3) is 0.938. The van der Waals surface area contributed by atoms with Gasteiger partial charge in [-0.1, -0.05) is 6.42 Å². The van der Waals surface area contributed by atoms with Crippen LogP contribution in [0.15, 0.2) is 0 Å². The molecule has 2 atom stereocenters. The van der Waals surface area contributed by atoms with E-state index in [1.165, 1.54) is 12.8 Å². The Hall–Kier alpha value is -0.650. The summed E-state index contributed by atoms with van der Waals surface area (Å²) in [6.45, 7) is 8.60. The Bertz CT molecular complexity index is 325. The molecule has 0 aromatic rings. The minimum atomic E-state index is 0.0844. The van der Waals surface area contributed by atoms with Gasteiger partial charge in [0.05, 0.1) is 12.0 Å². The molecule has 0 saturated carbocycles. The molecule has 0 bridgehead atoms. The second kappa shape index (κ2) is 8.71. The standard InChI is InChI=1S/C16H31N3O2/c1-14-15(6-13-21-14)16(20)19-10-5-9-18(11-12-19)8-4-2-3-7-17/h14-15H,2-13,17H2,1H3. The molecule has 2 unspecified atom stereocenters. The van der Waals surface area contributed by atoms with Gasteiger partial charge in [-0.15, -0.1) is 0 Å². The first-order valence-electron chi connectivity index (χ1n) is 8.55. The average molecular weight is 297 g/mol. The van der Waals surface area contributed by atoms with Crippen LogP contribution < -0.4 is 5.73 Å². The minimum Gasteiger partial charge on any atom is -0.378 e. The van der Waals surface area contributed by atoms with Crippen LogP contribution in [0.2, 0.25) is 0 Å². The lowest BCUT2D eigenvalue weighted by Crippen LogP contribution is -2.41. The van der Waals surface area contributed by atoms with Crippen LogP contribution in [-0.4, -0.2) is 67.7 Å². The molecular weight excluding hydrogens is 266 g/mol. The van der Waals surface area contributed by atoms with Crippen LogP contribution >= 0.6 is 0 Å². The highest BCUT2D eigenvalue weighted by atomic mass is 16.5. The van der Waals surface area contributed by atoms with Crippen molar-refractivity contribution in [2.45, 2.75) is 45.1 Å². The van der Waals surface area contributed by atoms with Gasteiger partial charge in [-0.2, -0.15) is 0 Å². The van der Waals surface area contributed by atoms with Crippen molar-refractivity contribution in [2.24, 2.45) is 11.7 Å². The van der Waals surface area contributed by atoms with Crippen molar-refractivity contribution in [3.8, 4) is 0 Å². The zero-order valence-electron chi connectivity index (χ0n) is 13.4. The lowest BCUT2D eigenvalue weighted by Gasteiger charge is -2.25. The van der Waals surface area contributed by atoms with E-state index < -0.39 is 0 Å². The van der Waals surface area contributed by atoms with E-state index in [2.05, 4.69) is 9.80 Å². The van der Waals surface area contributed by atoms with Gasteiger partial charge in [-0.25, -0.2) is 0 Å². The highest BCUT2D eigenvalue weighted by Crippen LogP contribution is 2.23. The molecule has 2 aliphatic rings. The molecule has 2 N–H and O–H groups in total. The third-order valence-electron chi connectivity index (χ3n) is 4.77. The van der Waals surface area contributed by atoms with Crippen molar-refractivity contribution < 1.29 is 9.53 Å². The molecule has 2 rings (SSSR count). The summed E-state index contributed by atoms with van der Waals surface area (Å²) in [5.74, 6) is 0.395. The van der Waals surface area contributed by atoms with Crippen LogP contribution in [0.25, 0.3) is 0 Å². The Morgan fingerprint density at radius 2 is 2.05 bits per heavy atom. The number of nitrogens with two attached hydrogens (primary N) is 1. The lowest BCUT2D eigenvalue weighted by atomic mass is 10.0. The van der Waals surface area contributed by atoms with Gasteiger partial charge in [0.25, 0.3) is 0 Å². The number of ether oxygens (including phenoxy) is 1. The van der Waals surface area contributed by atoms with E-state index in [9.17, 15) is 4.79 Å². The largest absolute Gasteiger partial charge is 0.378 e. The number of unbranched alkanes of at least 4 members (excludes halogenated alkanes) is 2. The number of carbonyl (C=O) groups excluding carboxylic acids is 1. The van der Waals surface area contributed by atoms with Crippen molar-refractivity contribution in [3.05, 3.63) is 0 Å². The fourth-order valence-corrected chi connectivity index (χ4v) is 3.36. The third-order valence-corrected chi connectivity index (χ3v) is 4.77. The maximum Gasteiger partial charge on any atom is 0.228 e. The second-order valence-corrected chi connectivity index (χ2v) is 6.34. The van der Waals surface area contributed by atoms with Crippen LogP contribution in [0.1, 0.15) is 39.0 Å². The Morgan fingerprint density at radius 3 is 2.76 bits per heavy atom. The quantitative estimate of drug-likeness (QED) is 0.745. The van der Waals surface area contributed by atoms with Gasteiger partial charge < -0.3 is 20.3 Å². The first-order chi connectivity index (χ1) is 10.2. The molecule has 2 saturated heterocycles. The smallest absolute Gasteiger partial charge is 0.228 e. The van der Waals surface area contributed by atoms with Gasteiger partial charge in [0, 0.05) is 26.2 Å². The molecular formula is C16H31N3O2. The topological polar surface area (TPSA) is 58.8 Å². The molecule has 0 aromatic carbocycles. The van der Waals surface area contributed by atoms with Crippen molar-refractivity contribution in [1.82, 2.24) is 9.80 Å². The summed E-state index contributed by atoms with van der Waals surface area (Å²) in [6, 6.07) is 0. The molecule has 21 heavy (non-hydrogen) atoms. The molecule has 5 nitrogen and oxygen atoms in total. The second-order valence-electron chi connectivity index (χ2n) is 6.34. The van der Waals surface area contributed by atoms with E-state index in [4.69, 9.17) is 10.5 Å². The molecule has 5 heteroatoms. The number of carbonyl (C=O) groups is 1. The van der Waals surface area contributed by atoms with E-state index in [0.29, 0.717) is 5.91 Å². The summed E-state index contributed by atoms with van der Waals surface area (Å²) >= 11 is 0. The molecule has 1 amide bonds. The Kier molecular flexibility index (Phi) is 6.93.